The first-order chi connectivity index (χ1) is 14.3. The van der Waals surface area contributed by atoms with Crippen LogP contribution in [-0.4, -0.2) is 48.9 Å². The van der Waals surface area contributed by atoms with Crippen molar-refractivity contribution in [3.8, 4) is 5.82 Å². The summed E-state index contributed by atoms with van der Waals surface area (Å²) in [7, 11) is 0. The Morgan fingerprint density at radius 1 is 1.14 bits per heavy atom. The fraction of sp³-hybridized carbons (Fsp3) is 0.263. The molecule has 0 saturated carbocycles. The van der Waals surface area contributed by atoms with E-state index in [0.717, 1.165) is 35.4 Å². The Morgan fingerprint density at radius 2 is 2.00 bits per heavy atom. The zero-order chi connectivity index (χ0) is 19.6. The van der Waals surface area contributed by atoms with Crippen LogP contribution in [0.2, 0.25) is 0 Å². The molecule has 3 aromatic heterocycles. The number of anilines is 2. The van der Waals surface area contributed by atoms with E-state index in [0.29, 0.717) is 17.5 Å². The smallest absolute Gasteiger partial charge is 0.231 e. The molecule has 1 unspecified atom stereocenters. The summed E-state index contributed by atoms with van der Waals surface area (Å²) in [4.78, 5) is 23.3. The third-order valence-electron chi connectivity index (χ3n) is 4.93. The maximum Gasteiger partial charge on any atom is 0.231 e. The number of amides is 1. The third kappa shape index (κ3) is 3.66. The van der Waals surface area contributed by atoms with Gasteiger partial charge in [-0.15, -0.1) is 10.2 Å². The molecule has 0 bridgehead atoms. The van der Waals surface area contributed by atoms with Crippen molar-refractivity contribution in [2.45, 2.75) is 12.8 Å². The lowest BCUT2D eigenvalue weighted by molar-refractivity contribution is -0.120. The Bertz CT molecular complexity index is 1090. The van der Waals surface area contributed by atoms with E-state index < -0.39 is 0 Å². The highest BCUT2D eigenvalue weighted by atomic mass is 32.1. The number of piperidine rings is 1. The Kier molecular flexibility index (Phi) is 4.60. The number of benzene rings is 1. The predicted octanol–water partition coefficient (Wildman–Crippen LogP) is 2.52. The number of hydrogen-bond donors (Lipinski definition) is 1. The molecule has 29 heavy (non-hydrogen) atoms. The van der Waals surface area contributed by atoms with Crippen molar-refractivity contribution in [3.63, 3.8) is 0 Å². The largest absolute Gasteiger partial charge is 0.354 e. The molecule has 10 heteroatoms. The van der Waals surface area contributed by atoms with Crippen LogP contribution in [0.1, 0.15) is 12.8 Å². The Hall–Kier alpha value is -3.40. The molecule has 1 amide bonds. The van der Waals surface area contributed by atoms with Crippen molar-refractivity contribution >= 4 is 38.4 Å². The van der Waals surface area contributed by atoms with Gasteiger partial charge in [-0.25, -0.2) is 14.6 Å². The molecule has 1 fully saturated rings. The number of aromatic nitrogens is 6. The van der Waals surface area contributed by atoms with E-state index in [9.17, 15) is 4.79 Å². The zero-order valence-corrected chi connectivity index (χ0v) is 16.3. The van der Waals surface area contributed by atoms with Crippen molar-refractivity contribution in [1.29, 1.82) is 0 Å². The minimum Gasteiger partial charge on any atom is -0.354 e. The van der Waals surface area contributed by atoms with Gasteiger partial charge in [0.2, 0.25) is 5.91 Å². The fourth-order valence-corrected chi connectivity index (χ4v) is 4.34. The monoisotopic (exact) mass is 406 g/mol. The molecule has 0 spiro atoms. The van der Waals surface area contributed by atoms with Gasteiger partial charge in [-0.1, -0.05) is 23.5 Å². The van der Waals surface area contributed by atoms with Gasteiger partial charge in [0, 0.05) is 13.1 Å². The minimum atomic E-state index is -0.118. The SMILES string of the molecule is O=C(Nc1nc2ccccc2s1)C1CCCN(c2ccc(-n3cncn3)nn2)C1. The molecule has 9 nitrogen and oxygen atoms in total. The number of nitrogens with zero attached hydrogens (tertiary/aromatic N) is 7. The summed E-state index contributed by atoms with van der Waals surface area (Å²) in [5, 5.41) is 16.2. The maximum absolute atomic E-state index is 12.8. The van der Waals surface area contributed by atoms with E-state index >= 15 is 0 Å². The second-order valence-electron chi connectivity index (χ2n) is 6.85. The first kappa shape index (κ1) is 17.7. The van der Waals surface area contributed by atoms with E-state index in [1.165, 1.54) is 17.7 Å². The quantitative estimate of drug-likeness (QED) is 0.556. The van der Waals surface area contributed by atoms with Crippen LogP contribution in [0.4, 0.5) is 10.9 Å². The highest BCUT2D eigenvalue weighted by molar-refractivity contribution is 7.22. The average Bonchev–Trinajstić information content (AvgIpc) is 3.43. The third-order valence-corrected chi connectivity index (χ3v) is 5.88. The van der Waals surface area contributed by atoms with Crippen molar-refractivity contribution in [3.05, 3.63) is 49.1 Å². The first-order valence-electron chi connectivity index (χ1n) is 9.36. The van der Waals surface area contributed by atoms with Crippen LogP contribution in [0.5, 0.6) is 0 Å². The van der Waals surface area contributed by atoms with E-state index in [-0.39, 0.29) is 11.8 Å². The number of rotatable bonds is 4. The summed E-state index contributed by atoms with van der Waals surface area (Å²) in [6.07, 6.45) is 4.80. The number of nitrogens with one attached hydrogen (secondary N) is 1. The molecule has 5 rings (SSSR count). The van der Waals surface area contributed by atoms with Crippen LogP contribution in [0.25, 0.3) is 16.0 Å². The predicted molar refractivity (Wildman–Crippen MR) is 110 cm³/mol. The normalized spacial score (nSPS) is 16.8. The summed E-state index contributed by atoms with van der Waals surface area (Å²) >= 11 is 1.49. The van der Waals surface area contributed by atoms with E-state index in [4.69, 9.17) is 0 Å². The molecule has 0 radical (unpaired) electrons. The number of para-hydroxylation sites is 1. The van der Waals surface area contributed by atoms with Crippen LogP contribution >= 0.6 is 11.3 Å². The molecule has 4 aromatic rings. The Balaban J connectivity index is 1.26. The number of hydrogen-bond acceptors (Lipinski definition) is 8. The van der Waals surface area contributed by atoms with E-state index in [2.05, 4.69) is 35.5 Å². The lowest BCUT2D eigenvalue weighted by Gasteiger charge is -2.32. The average molecular weight is 406 g/mol. The van der Waals surface area contributed by atoms with Crippen molar-refractivity contribution < 1.29 is 4.79 Å². The molecular weight excluding hydrogens is 388 g/mol. The van der Waals surface area contributed by atoms with Gasteiger partial charge in [0.05, 0.1) is 16.1 Å². The van der Waals surface area contributed by atoms with Gasteiger partial charge in [0.25, 0.3) is 0 Å². The van der Waals surface area contributed by atoms with Gasteiger partial charge < -0.3 is 10.2 Å². The van der Waals surface area contributed by atoms with Crippen molar-refractivity contribution in [2.24, 2.45) is 5.92 Å². The van der Waals surface area contributed by atoms with Crippen molar-refractivity contribution in [2.75, 3.05) is 23.3 Å². The molecule has 4 heterocycles. The molecule has 1 aromatic carbocycles. The van der Waals surface area contributed by atoms with Gasteiger partial charge in [-0.3, -0.25) is 4.79 Å². The van der Waals surface area contributed by atoms with Crippen LogP contribution in [0.3, 0.4) is 0 Å². The fourth-order valence-electron chi connectivity index (χ4n) is 3.47. The lowest BCUT2D eigenvalue weighted by Crippen LogP contribution is -2.41. The minimum absolute atomic E-state index is 0.000881. The van der Waals surface area contributed by atoms with E-state index in [1.54, 1.807) is 11.0 Å². The Morgan fingerprint density at radius 3 is 2.79 bits per heavy atom. The maximum atomic E-state index is 12.8. The molecule has 1 N–H and O–H groups in total. The van der Waals surface area contributed by atoms with E-state index in [1.807, 2.05) is 36.4 Å². The van der Waals surface area contributed by atoms with Crippen LogP contribution in [-0.2, 0) is 4.79 Å². The molecular formula is C19H18N8OS. The standard InChI is InChI=1S/C19H18N8OS/c28-18(23-19-22-14-5-1-2-6-15(14)29-19)13-4-3-9-26(10-13)16-7-8-17(25-24-16)27-12-20-11-21-27/h1-2,5-8,11-13H,3-4,9-10H2,(H,22,23,28). The second-order valence-corrected chi connectivity index (χ2v) is 7.88. The lowest BCUT2D eigenvalue weighted by atomic mass is 9.97. The zero-order valence-electron chi connectivity index (χ0n) is 15.5. The van der Waals surface area contributed by atoms with Gasteiger partial charge in [-0.2, -0.15) is 5.10 Å². The van der Waals surface area contributed by atoms with Gasteiger partial charge >= 0.3 is 0 Å². The molecule has 146 valence electrons. The molecule has 0 aliphatic carbocycles. The summed E-state index contributed by atoms with van der Waals surface area (Å²) in [5.41, 5.74) is 0.904. The van der Waals surface area contributed by atoms with Crippen molar-refractivity contribution in [1.82, 2.24) is 29.9 Å². The Labute approximate surface area is 170 Å². The molecule has 1 atom stereocenters. The summed E-state index contributed by atoms with van der Waals surface area (Å²) < 4.78 is 2.62. The van der Waals surface area contributed by atoms with Gasteiger partial charge in [-0.05, 0) is 37.1 Å². The topological polar surface area (TPSA) is 102 Å². The van der Waals surface area contributed by atoms with Gasteiger partial charge in [0.1, 0.15) is 12.7 Å². The number of thiazole rings is 1. The summed E-state index contributed by atoms with van der Waals surface area (Å²) in [6, 6.07) is 11.6. The second kappa shape index (κ2) is 7.55. The summed E-state index contributed by atoms with van der Waals surface area (Å²) in [5.74, 6) is 1.24. The highest BCUT2D eigenvalue weighted by Crippen LogP contribution is 2.27. The van der Waals surface area contributed by atoms with Crippen LogP contribution in [0, 0.1) is 5.92 Å². The number of carbonyl (C=O) groups is 1. The number of fused-ring (bicyclic) bond motifs is 1. The first-order valence-corrected chi connectivity index (χ1v) is 10.2. The molecule has 1 aliphatic heterocycles. The van der Waals surface area contributed by atoms with Crippen LogP contribution < -0.4 is 10.2 Å². The highest BCUT2D eigenvalue weighted by Gasteiger charge is 2.27. The number of carbonyl (C=O) groups excluding carboxylic acids is 1. The molecule has 1 saturated heterocycles. The van der Waals surface area contributed by atoms with Gasteiger partial charge in [0.15, 0.2) is 16.8 Å². The molecule has 1 aliphatic rings. The van der Waals surface area contributed by atoms with Crippen LogP contribution in [0.15, 0.2) is 49.1 Å². The summed E-state index contributed by atoms with van der Waals surface area (Å²) in [6.45, 7) is 1.45.